The van der Waals surface area contributed by atoms with E-state index in [2.05, 4.69) is 113 Å². The highest BCUT2D eigenvalue weighted by Gasteiger charge is 2.51. The summed E-state index contributed by atoms with van der Waals surface area (Å²) in [5, 5.41) is 6.38. The molecule has 0 atom stereocenters. The molecule has 0 unspecified atom stereocenters. The van der Waals surface area contributed by atoms with Crippen LogP contribution in [0.15, 0.2) is 90.3 Å². The van der Waals surface area contributed by atoms with Crippen LogP contribution in [-0.2, 0) is 9.31 Å². The number of hydrogen-bond donors (Lipinski definition) is 2. The van der Waals surface area contributed by atoms with Crippen LogP contribution in [0.1, 0.15) is 87.6 Å². The van der Waals surface area contributed by atoms with Crippen molar-refractivity contribution in [2.45, 2.75) is 93.3 Å². The number of dihydropyridines is 2. The quantitative estimate of drug-likeness (QED) is 0.366. The van der Waals surface area contributed by atoms with Crippen LogP contribution in [0.25, 0.3) is 5.57 Å². The molecule has 39 heavy (non-hydrogen) atoms. The lowest BCUT2D eigenvalue weighted by Gasteiger charge is -2.32. The molecule has 0 saturated carbocycles. The van der Waals surface area contributed by atoms with Crippen molar-refractivity contribution in [3.05, 3.63) is 95.9 Å². The zero-order chi connectivity index (χ0) is 29.3. The first kappa shape index (κ1) is 34.3. The van der Waals surface area contributed by atoms with Crippen molar-refractivity contribution in [3.63, 3.8) is 0 Å². The van der Waals surface area contributed by atoms with Crippen molar-refractivity contribution in [1.82, 2.24) is 10.6 Å². The molecule has 4 rings (SSSR count). The molecule has 3 aliphatic rings. The van der Waals surface area contributed by atoms with E-state index in [1.54, 1.807) is 0 Å². The largest absolute Gasteiger partial charge is 0.494 e. The Kier molecular flexibility index (Phi) is 15.6. The highest BCUT2D eigenvalue weighted by atomic mass is 16.7. The van der Waals surface area contributed by atoms with Gasteiger partial charge in [-0.1, -0.05) is 95.3 Å². The van der Waals surface area contributed by atoms with E-state index in [9.17, 15) is 0 Å². The van der Waals surface area contributed by atoms with Crippen molar-refractivity contribution in [3.8, 4) is 0 Å². The van der Waals surface area contributed by atoms with Crippen molar-refractivity contribution in [2.24, 2.45) is 0 Å². The van der Waals surface area contributed by atoms with Crippen LogP contribution in [0, 0.1) is 0 Å². The molecule has 0 aromatic heterocycles. The Hall–Kier alpha value is -2.76. The van der Waals surface area contributed by atoms with Gasteiger partial charge in [-0.3, -0.25) is 0 Å². The van der Waals surface area contributed by atoms with Gasteiger partial charge in [0.1, 0.15) is 0 Å². The molecule has 3 heterocycles. The second kappa shape index (κ2) is 17.8. The maximum absolute atomic E-state index is 6.11. The van der Waals surface area contributed by atoms with Gasteiger partial charge >= 0.3 is 7.12 Å². The van der Waals surface area contributed by atoms with E-state index in [1.165, 1.54) is 22.3 Å². The molecule has 5 heteroatoms. The topological polar surface area (TPSA) is 42.5 Å². The lowest BCUT2D eigenvalue weighted by atomic mass is 9.78. The van der Waals surface area contributed by atoms with Gasteiger partial charge in [0.25, 0.3) is 0 Å². The van der Waals surface area contributed by atoms with Gasteiger partial charge in [-0.15, -0.1) is 0 Å². The molecule has 3 aliphatic heterocycles. The maximum Gasteiger partial charge on any atom is 0.494 e. The van der Waals surface area contributed by atoms with E-state index >= 15 is 0 Å². The zero-order valence-corrected chi connectivity index (χ0v) is 26.2. The Bertz CT molecular complexity index is 1030. The summed E-state index contributed by atoms with van der Waals surface area (Å²) >= 11 is 0. The summed E-state index contributed by atoms with van der Waals surface area (Å²) in [5.41, 5.74) is 5.77. The molecule has 0 radical (unpaired) electrons. The van der Waals surface area contributed by atoms with Crippen molar-refractivity contribution < 1.29 is 9.31 Å². The van der Waals surface area contributed by atoms with Gasteiger partial charge in [0.2, 0.25) is 0 Å². The second-order valence-electron chi connectivity index (χ2n) is 10.0. The van der Waals surface area contributed by atoms with Crippen LogP contribution < -0.4 is 16.1 Å². The predicted octanol–water partition coefficient (Wildman–Crippen LogP) is 7.87. The third kappa shape index (κ3) is 10.7. The molecule has 1 aromatic carbocycles. The van der Waals surface area contributed by atoms with Crippen LogP contribution in [-0.4, -0.2) is 31.4 Å². The zero-order valence-electron chi connectivity index (χ0n) is 26.2. The van der Waals surface area contributed by atoms with Gasteiger partial charge in [0.05, 0.1) is 11.2 Å². The fourth-order valence-corrected chi connectivity index (χ4v) is 4.02. The summed E-state index contributed by atoms with van der Waals surface area (Å²) in [6, 6.07) is 8.48. The van der Waals surface area contributed by atoms with Crippen molar-refractivity contribution in [2.75, 3.05) is 13.1 Å². The SMILES string of the molecule is C/C=C(\CC)c1cccc(B2OC(C)(C)C(C)(C)O2)c1.C1=CNCC(C/C=C/C2=CNCC=C2)=C1.CC.CC. The van der Waals surface area contributed by atoms with Crippen LogP contribution in [0.5, 0.6) is 0 Å². The molecule has 1 saturated heterocycles. The smallest absolute Gasteiger partial charge is 0.399 e. The molecule has 4 nitrogen and oxygen atoms in total. The molecule has 0 spiro atoms. The molecule has 2 N–H and O–H groups in total. The summed E-state index contributed by atoms with van der Waals surface area (Å²) in [4.78, 5) is 0. The first-order valence-corrected chi connectivity index (χ1v) is 14.7. The third-order valence-electron chi connectivity index (χ3n) is 6.89. The Balaban J connectivity index is 0.000000356. The fraction of sp³-hybridized carbons (Fsp3) is 0.471. The standard InChI is InChI=1S/C17H25BO2.C13H16N2.2C2H6/c1-7-13(8-2)14-10-9-11-15(12-14)18-19-16(3,4)17(5,6)20-18;1(4-12-6-2-8-14-10-12)5-13-7-3-9-15-11-13;2*1-2/h7,9-12H,8H2,1-6H3;1-4,6-7,9-10,14-15H,5,8,11H2;2*1-2H3/b13-7+;4-1+;;. The summed E-state index contributed by atoms with van der Waals surface area (Å²) in [6.45, 7) is 22.5. The van der Waals surface area contributed by atoms with Gasteiger partial charge in [0, 0.05) is 19.3 Å². The lowest BCUT2D eigenvalue weighted by Crippen LogP contribution is -2.41. The van der Waals surface area contributed by atoms with Crippen molar-refractivity contribution >= 4 is 18.2 Å². The molecule has 0 amide bonds. The number of nitrogens with one attached hydrogen (secondary N) is 2. The first-order valence-electron chi connectivity index (χ1n) is 14.7. The summed E-state index contributed by atoms with van der Waals surface area (Å²) in [7, 11) is -0.282. The minimum absolute atomic E-state index is 0.282. The van der Waals surface area contributed by atoms with Crippen LogP contribution in [0.3, 0.4) is 0 Å². The van der Waals surface area contributed by atoms with Gasteiger partial charge in [0.15, 0.2) is 0 Å². The Morgan fingerprint density at radius 2 is 1.72 bits per heavy atom. The first-order chi connectivity index (χ1) is 18.8. The van der Waals surface area contributed by atoms with Crippen LogP contribution in [0.2, 0.25) is 0 Å². The molecule has 214 valence electrons. The molecular formula is C34H53BN2O2. The number of hydrogen-bond acceptors (Lipinski definition) is 4. The number of benzene rings is 1. The van der Waals surface area contributed by atoms with Gasteiger partial charge in [-0.25, -0.2) is 0 Å². The lowest BCUT2D eigenvalue weighted by molar-refractivity contribution is 0.00578. The monoisotopic (exact) mass is 532 g/mol. The van der Waals surface area contributed by atoms with Crippen LogP contribution in [0.4, 0.5) is 0 Å². The second-order valence-corrected chi connectivity index (χ2v) is 10.0. The Labute approximate surface area is 240 Å². The normalized spacial score (nSPS) is 18.7. The van der Waals surface area contributed by atoms with E-state index in [0.717, 1.165) is 31.4 Å². The van der Waals surface area contributed by atoms with Crippen molar-refractivity contribution in [1.29, 1.82) is 0 Å². The molecule has 1 aromatic rings. The molecular weight excluding hydrogens is 479 g/mol. The van der Waals surface area contributed by atoms with Gasteiger partial charge < -0.3 is 19.9 Å². The third-order valence-corrected chi connectivity index (χ3v) is 6.89. The van der Waals surface area contributed by atoms with E-state index in [0.29, 0.717) is 0 Å². The molecule has 0 aliphatic carbocycles. The summed E-state index contributed by atoms with van der Waals surface area (Å²) in [5.74, 6) is 0. The minimum Gasteiger partial charge on any atom is -0.399 e. The highest BCUT2D eigenvalue weighted by molar-refractivity contribution is 6.62. The summed E-state index contributed by atoms with van der Waals surface area (Å²) in [6.07, 6.45) is 21.1. The predicted molar refractivity (Wildman–Crippen MR) is 173 cm³/mol. The molecule has 1 fully saturated rings. The Morgan fingerprint density at radius 1 is 1.03 bits per heavy atom. The average Bonchev–Trinajstić information content (AvgIpc) is 3.20. The minimum atomic E-state index is -0.290. The highest BCUT2D eigenvalue weighted by Crippen LogP contribution is 2.36. The summed E-state index contributed by atoms with van der Waals surface area (Å²) < 4.78 is 12.2. The van der Waals surface area contributed by atoms with Gasteiger partial charge in [-0.05, 0) is 87.5 Å². The van der Waals surface area contributed by atoms with E-state index < -0.39 is 0 Å². The van der Waals surface area contributed by atoms with Crippen LogP contribution >= 0.6 is 0 Å². The van der Waals surface area contributed by atoms with E-state index in [1.807, 2.05) is 46.2 Å². The van der Waals surface area contributed by atoms with E-state index in [4.69, 9.17) is 9.31 Å². The van der Waals surface area contributed by atoms with E-state index in [-0.39, 0.29) is 18.3 Å². The number of rotatable bonds is 6. The fourth-order valence-electron chi connectivity index (χ4n) is 4.02. The number of allylic oxidation sites excluding steroid dienone is 8. The molecule has 0 bridgehead atoms. The van der Waals surface area contributed by atoms with Gasteiger partial charge in [-0.2, -0.15) is 0 Å². The average molecular weight is 533 g/mol. The Morgan fingerprint density at radius 3 is 2.26 bits per heavy atom. The maximum atomic E-state index is 6.11.